The Balaban J connectivity index is 5.14. The fraction of sp³-hybridized carbons (Fsp3) is 0.900. The third-order valence-electron chi connectivity index (χ3n) is 2.59. The number of hydrogen-bond donors (Lipinski definition) is 2. The molecule has 0 bridgehead atoms. The fourth-order valence-corrected chi connectivity index (χ4v) is 1.36. The Labute approximate surface area is 136 Å². The number of halogens is 12. The third-order valence-corrected chi connectivity index (χ3v) is 2.59. The molecule has 0 unspecified atom stereocenters. The first-order valence-electron chi connectivity index (χ1n) is 6.15. The van der Waals surface area contributed by atoms with Crippen LogP contribution in [0.5, 0.6) is 0 Å². The molecule has 0 aliphatic heterocycles. The lowest BCUT2D eigenvalue weighted by molar-refractivity contribution is -0.309. The summed E-state index contributed by atoms with van der Waals surface area (Å²) >= 11 is 0. The largest absolute Gasteiger partial charge is 0.434 e. The second-order valence-electron chi connectivity index (χ2n) is 4.74. The number of hydrogen-bond acceptors (Lipinski definition) is 3. The number of nitrogens with one attached hydrogen (secondary N) is 2. The molecule has 16 heteroatoms. The summed E-state index contributed by atoms with van der Waals surface area (Å²) < 4.78 is 154. The fourth-order valence-electron chi connectivity index (χ4n) is 1.36. The molecule has 2 N–H and O–H groups in total. The van der Waals surface area contributed by atoms with Crippen molar-refractivity contribution in [1.29, 1.82) is 0 Å². The van der Waals surface area contributed by atoms with Crippen molar-refractivity contribution >= 4 is 6.09 Å². The molecule has 0 saturated heterocycles. The minimum Gasteiger partial charge on any atom is -0.427 e. The third kappa shape index (κ3) is 5.70. The summed E-state index contributed by atoms with van der Waals surface area (Å²) in [4.78, 5) is 10.8. The zero-order valence-corrected chi connectivity index (χ0v) is 12.3. The van der Waals surface area contributed by atoms with Crippen LogP contribution in [-0.2, 0) is 4.74 Å². The van der Waals surface area contributed by atoms with Gasteiger partial charge in [-0.15, -0.1) is 0 Å². The monoisotopic (exact) mass is 418 g/mol. The van der Waals surface area contributed by atoms with Gasteiger partial charge in [-0.05, 0) is 7.05 Å². The van der Waals surface area contributed by atoms with E-state index in [0.29, 0.717) is 12.4 Å². The Bertz CT molecular complexity index is 473. The zero-order chi connectivity index (χ0) is 21.2. The molecule has 1 amide bonds. The number of alkyl carbamates (subject to hydrolysis) is 1. The van der Waals surface area contributed by atoms with Gasteiger partial charge in [0.1, 0.15) is 0 Å². The van der Waals surface area contributed by atoms with E-state index in [4.69, 9.17) is 0 Å². The Morgan fingerprint density at radius 1 is 0.808 bits per heavy atom. The number of carbonyl (C=O) groups excluding carboxylic acids is 1. The normalized spacial score (nSPS) is 14.5. The van der Waals surface area contributed by atoms with E-state index >= 15 is 0 Å². The molecule has 0 aromatic heterocycles. The highest BCUT2D eigenvalue weighted by Gasteiger charge is 2.71. The smallest absolute Gasteiger partial charge is 0.427 e. The zero-order valence-electron chi connectivity index (χ0n) is 12.3. The van der Waals surface area contributed by atoms with Gasteiger partial charge in [-0.1, -0.05) is 0 Å². The highest BCUT2D eigenvalue weighted by Crippen LogP contribution is 2.45. The molecule has 0 atom stereocenters. The van der Waals surface area contributed by atoms with Crippen LogP contribution >= 0.6 is 0 Å². The van der Waals surface area contributed by atoms with Crippen molar-refractivity contribution in [1.82, 2.24) is 10.6 Å². The van der Waals surface area contributed by atoms with Crippen LogP contribution in [0, 0.1) is 0 Å². The van der Waals surface area contributed by atoms with Crippen LogP contribution in [-0.4, -0.2) is 62.5 Å². The quantitative estimate of drug-likeness (QED) is 0.624. The maximum absolute atomic E-state index is 13.2. The molecule has 0 saturated carbocycles. The number of ether oxygens (including phenoxy) is 1. The summed E-state index contributed by atoms with van der Waals surface area (Å²) in [5, 5.41) is 1.96. The van der Waals surface area contributed by atoms with Gasteiger partial charge in [0.05, 0.1) is 13.1 Å². The van der Waals surface area contributed by atoms with Crippen molar-refractivity contribution < 1.29 is 62.2 Å². The summed E-state index contributed by atoms with van der Waals surface area (Å²) in [6.07, 6.45) is -19.9. The standard InChI is InChI=1S/C10H10F12N2O2/c1-23-2-6(11,12)10(21,22)7(13,14)3-24-5(25)26-4(8(15,16)17)9(18,19)20/h4,23H,2-3H2,1H3,(H,24,25). The molecule has 26 heavy (non-hydrogen) atoms. The van der Waals surface area contributed by atoms with Gasteiger partial charge in [0, 0.05) is 0 Å². The molecule has 0 fully saturated rings. The highest BCUT2D eigenvalue weighted by atomic mass is 19.4. The van der Waals surface area contributed by atoms with Gasteiger partial charge in [-0.25, -0.2) is 4.79 Å². The second kappa shape index (κ2) is 7.56. The predicted octanol–water partition coefficient (Wildman–Crippen LogP) is 3.33. The summed E-state index contributed by atoms with van der Waals surface area (Å²) in [6.45, 7) is -4.66. The molecule has 0 radical (unpaired) electrons. The summed E-state index contributed by atoms with van der Waals surface area (Å²) in [6, 6.07) is 0. The number of alkyl halides is 12. The van der Waals surface area contributed by atoms with Crippen LogP contribution in [0.15, 0.2) is 0 Å². The molecule has 156 valence electrons. The Hall–Kier alpha value is -1.61. The molecule has 0 aromatic rings. The maximum atomic E-state index is 13.2. The Morgan fingerprint density at radius 2 is 1.19 bits per heavy atom. The second-order valence-corrected chi connectivity index (χ2v) is 4.74. The van der Waals surface area contributed by atoms with Gasteiger partial charge in [0.25, 0.3) is 6.10 Å². The number of amides is 1. The minimum absolute atomic E-state index is 0.473. The van der Waals surface area contributed by atoms with Crippen LogP contribution in [0.4, 0.5) is 57.5 Å². The number of carbonyl (C=O) groups is 1. The molecular weight excluding hydrogens is 408 g/mol. The molecule has 0 rings (SSSR count). The van der Waals surface area contributed by atoms with E-state index in [9.17, 15) is 57.5 Å². The van der Waals surface area contributed by atoms with Crippen LogP contribution in [0.2, 0.25) is 0 Å². The van der Waals surface area contributed by atoms with Gasteiger partial charge >= 0.3 is 36.2 Å². The predicted molar refractivity (Wildman–Crippen MR) is 59.1 cm³/mol. The number of rotatable bonds is 7. The average Bonchev–Trinajstić information content (AvgIpc) is 2.39. The lowest BCUT2D eigenvalue weighted by Crippen LogP contribution is -2.61. The van der Waals surface area contributed by atoms with Gasteiger partial charge in [-0.3, -0.25) is 0 Å². The van der Waals surface area contributed by atoms with Crippen molar-refractivity contribution in [3.8, 4) is 0 Å². The maximum Gasteiger partial charge on any atom is 0.434 e. The molecule has 0 spiro atoms. The van der Waals surface area contributed by atoms with E-state index < -0.39 is 55.4 Å². The van der Waals surface area contributed by atoms with Crippen LogP contribution < -0.4 is 10.6 Å². The highest BCUT2D eigenvalue weighted by molar-refractivity contribution is 5.67. The molecule has 4 nitrogen and oxygen atoms in total. The lowest BCUT2D eigenvalue weighted by atomic mass is 10.0. The van der Waals surface area contributed by atoms with Gasteiger partial charge in [0.15, 0.2) is 0 Å². The van der Waals surface area contributed by atoms with Gasteiger partial charge in [-0.2, -0.15) is 52.7 Å². The first kappa shape index (κ1) is 24.4. The van der Waals surface area contributed by atoms with Crippen LogP contribution in [0.3, 0.4) is 0 Å². The van der Waals surface area contributed by atoms with Crippen LogP contribution in [0.25, 0.3) is 0 Å². The van der Waals surface area contributed by atoms with E-state index in [2.05, 4.69) is 4.74 Å². The molecule has 0 aromatic carbocycles. The molecule has 0 aliphatic rings. The van der Waals surface area contributed by atoms with Crippen LogP contribution in [0.1, 0.15) is 0 Å². The minimum atomic E-state index is -6.19. The van der Waals surface area contributed by atoms with E-state index in [1.807, 2.05) is 0 Å². The Kier molecular flexibility index (Phi) is 7.09. The summed E-state index contributed by atoms with van der Waals surface area (Å²) in [5.74, 6) is -17.2. The van der Waals surface area contributed by atoms with Crippen molar-refractivity contribution in [2.75, 3.05) is 20.1 Å². The SMILES string of the molecule is CNCC(F)(F)C(F)(F)C(F)(F)CNC(=O)OC(C(F)(F)F)C(F)(F)F. The summed E-state index contributed by atoms with van der Waals surface area (Å²) in [5.41, 5.74) is 0. The van der Waals surface area contributed by atoms with Crippen molar-refractivity contribution in [3.63, 3.8) is 0 Å². The topological polar surface area (TPSA) is 50.4 Å². The van der Waals surface area contributed by atoms with E-state index in [1.54, 1.807) is 0 Å². The first-order chi connectivity index (χ1) is 11.3. The van der Waals surface area contributed by atoms with Crippen molar-refractivity contribution in [2.45, 2.75) is 36.2 Å². The van der Waals surface area contributed by atoms with Crippen molar-refractivity contribution in [2.24, 2.45) is 0 Å². The van der Waals surface area contributed by atoms with Gasteiger partial charge < -0.3 is 15.4 Å². The Morgan fingerprint density at radius 3 is 1.54 bits per heavy atom. The molecule has 0 aliphatic carbocycles. The first-order valence-corrected chi connectivity index (χ1v) is 6.15. The van der Waals surface area contributed by atoms with Crippen molar-refractivity contribution in [3.05, 3.63) is 0 Å². The summed E-state index contributed by atoms with van der Waals surface area (Å²) in [7, 11) is 0.714. The van der Waals surface area contributed by atoms with E-state index in [-0.39, 0.29) is 0 Å². The van der Waals surface area contributed by atoms with E-state index in [0.717, 1.165) is 0 Å². The molecular formula is C10H10F12N2O2. The lowest BCUT2D eigenvalue weighted by Gasteiger charge is -2.32. The molecule has 0 heterocycles. The van der Waals surface area contributed by atoms with Gasteiger partial charge in [0.2, 0.25) is 0 Å². The average molecular weight is 418 g/mol. The van der Waals surface area contributed by atoms with E-state index in [1.165, 1.54) is 5.32 Å².